The molecule has 148 valence electrons. The molecule has 0 saturated heterocycles. The molecule has 0 atom stereocenters. The average molecular weight is 395 g/mol. The summed E-state index contributed by atoms with van der Waals surface area (Å²) >= 11 is 1.61. The van der Waals surface area contributed by atoms with E-state index in [1.54, 1.807) is 11.3 Å². The Hall–Kier alpha value is -2.17. The fourth-order valence-electron chi connectivity index (χ4n) is 3.49. The Morgan fingerprint density at radius 2 is 1.75 bits per heavy atom. The standard InChI is InChI=1S/C24H30N2OS/c1-4-26(5-2)16-8-15-25-24(27)23-21(17-19-13-11-18(3)12-14-19)20-9-6-7-10-22(20)28-23/h6-7,9-14H,4-5,8,15-17H2,1-3H3,(H,25,27). The van der Waals surface area contributed by atoms with Gasteiger partial charge in [0.25, 0.3) is 5.91 Å². The quantitative estimate of drug-likeness (QED) is 0.502. The number of carbonyl (C=O) groups excluding carboxylic acids is 1. The minimum absolute atomic E-state index is 0.0582. The number of fused-ring (bicyclic) bond motifs is 1. The molecule has 2 aromatic carbocycles. The molecule has 0 fully saturated rings. The van der Waals surface area contributed by atoms with Crippen molar-refractivity contribution in [3.05, 3.63) is 70.1 Å². The number of amides is 1. The molecule has 1 N–H and O–H groups in total. The highest BCUT2D eigenvalue weighted by Crippen LogP contribution is 2.33. The molecule has 1 amide bonds. The van der Waals surface area contributed by atoms with Crippen molar-refractivity contribution in [2.24, 2.45) is 0 Å². The Labute approximate surface area is 172 Å². The van der Waals surface area contributed by atoms with Gasteiger partial charge in [0.1, 0.15) is 0 Å². The van der Waals surface area contributed by atoms with Crippen molar-refractivity contribution in [2.75, 3.05) is 26.2 Å². The maximum atomic E-state index is 12.9. The van der Waals surface area contributed by atoms with Crippen LogP contribution in [0.1, 0.15) is 46.6 Å². The van der Waals surface area contributed by atoms with E-state index in [-0.39, 0.29) is 5.91 Å². The van der Waals surface area contributed by atoms with Crippen molar-refractivity contribution in [3.8, 4) is 0 Å². The van der Waals surface area contributed by atoms with E-state index in [4.69, 9.17) is 0 Å². The van der Waals surface area contributed by atoms with Crippen molar-refractivity contribution in [2.45, 2.75) is 33.6 Å². The summed E-state index contributed by atoms with van der Waals surface area (Å²) in [5.74, 6) is 0.0582. The van der Waals surface area contributed by atoms with E-state index in [0.717, 1.165) is 42.9 Å². The van der Waals surface area contributed by atoms with Crippen LogP contribution in [-0.4, -0.2) is 37.0 Å². The van der Waals surface area contributed by atoms with Gasteiger partial charge in [0.05, 0.1) is 4.88 Å². The minimum Gasteiger partial charge on any atom is -0.351 e. The molecule has 3 nitrogen and oxygen atoms in total. The summed E-state index contributed by atoms with van der Waals surface area (Å²) in [5, 5.41) is 4.34. The van der Waals surface area contributed by atoms with Gasteiger partial charge in [-0.25, -0.2) is 0 Å². The second-order valence-electron chi connectivity index (χ2n) is 7.20. The average Bonchev–Trinajstić information content (AvgIpc) is 3.08. The van der Waals surface area contributed by atoms with Gasteiger partial charge in [-0.05, 0) is 62.0 Å². The van der Waals surface area contributed by atoms with Crippen LogP contribution in [0, 0.1) is 6.92 Å². The first-order valence-electron chi connectivity index (χ1n) is 10.2. The number of hydrogen-bond acceptors (Lipinski definition) is 3. The molecule has 0 aliphatic heterocycles. The number of nitrogens with zero attached hydrogens (tertiary/aromatic N) is 1. The minimum atomic E-state index is 0.0582. The number of hydrogen-bond donors (Lipinski definition) is 1. The third-order valence-electron chi connectivity index (χ3n) is 5.24. The molecular weight excluding hydrogens is 364 g/mol. The van der Waals surface area contributed by atoms with E-state index in [1.165, 1.54) is 21.2 Å². The summed E-state index contributed by atoms with van der Waals surface area (Å²) in [6.07, 6.45) is 1.76. The Balaban J connectivity index is 1.76. The molecular formula is C24H30N2OS. The molecule has 3 rings (SSSR count). The van der Waals surface area contributed by atoms with E-state index in [9.17, 15) is 4.79 Å². The van der Waals surface area contributed by atoms with E-state index in [0.29, 0.717) is 6.54 Å². The first-order chi connectivity index (χ1) is 13.6. The Bertz CT molecular complexity index is 910. The van der Waals surface area contributed by atoms with Crippen LogP contribution in [-0.2, 0) is 6.42 Å². The summed E-state index contributed by atoms with van der Waals surface area (Å²) in [6.45, 7) is 10.3. The van der Waals surface area contributed by atoms with Crippen LogP contribution in [0.5, 0.6) is 0 Å². The number of carbonyl (C=O) groups is 1. The summed E-state index contributed by atoms with van der Waals surface area (Å²) in [6, 6.07) is 16.9. The highest BCUT2D eigenvalue weighted by atomic mass is 32.1. The van der Waals surface area contributed by atoms with Crippen molar-refractivity contribution in [1.82, 2.24) is 10.2 Å². The summed E-state index contributed by atoms with van der Waals surface area (Å²) in [5.41, 5.74) is 3.64. The fraction of sp³-hybridized carbons (Fsp3) is 0.375. The zero-order valence-corrected chi connectivity index (χ0v) is 17.9. The monoisotopic (exact) mass is 394 g/mol. The van der Waals surface area contributed by atoms with Crippen LogP contribution in [0.25, 0.3) is 10.1 Å². The SMILES string of the molecule is CCN(CC)CCCNC(=O)c1sc2ccccc2c1Cc1ccc(C)cc1. The smallest absolute Gasteiger partial charge is 0.261 e. The van der Waals surface area contributed by atoms with Crippen LogP contribution in [0.3, 0.4) is 0 Å². The lowest BCUT2D eigenvalue weighted by molar-refractivity contribution is 0.0955. The van der Waals surface area contributed by atoms with Gasteiger partial charge in [0.2, 0.25) is 0 Å². The third kappa shape index (κ3) is 5.00. The zero-order valence-electron chi connectivity index (χ0n) is 17.1. The van der Waals surface area contributed by atoms with Crippen molar-refractivity contribution < 1.29 is 4.79 Å². The van der Waals surface area contributed by atoms with Gasteiger partial charge in [0, 0.05) is 11.2 Å². The van der Waals surface area contributed by atoms with E-state index in [1.807, 2.05) is 6.07 Å². The summed E-state index contributed by atoms with van der Waals surface area (Å²) < 4.78 is 1.18. The molecule has 28 heavy (non-hydrogen) atoms. The zero-order chi connectivity index (χ0) is 19.9. The maximum Gasteiger partial charge on any atom is 0.261 e. The molecule has 1 heterocycles. The van der Waals surface area contributed by atoms with Gasteiger partial charge < -0.3 is 10.2 Å². The second-order valence-corrected chi connectivity index (χ2v) is 8.26. The highest BCUT2D eigenvalue weighted by molar-refractivity contribution is 7.21. The lowest BCUT2D eigenvalue weighted by Crippen LogP contribution is -2.29. The number of nitrogens with one attached hydrogen (secondary N) is 1. The fourth-order valence-corrected chi connectivity index (χ4v) is 4.63. The number of rotatable bonds is 9. The van der Waals surface area contributed by atoms with Gasteiger partial charge in [-0.2, -0.15) is 0 Å². The van der Waals surface area contributed by atoms with E-state index < -0.39 is 0 Å². The van der Waals surface area contributed by atoms with Gasteiger partial charge in [0.15, 0.2) is 0 Å². The van der Waals surface area contributed by atoms with E-state index in [2.05, 4.69) is 73.5 Å². The molecule has 0 aliphatic rings. The van der Waals surface area contributed by atoms with Crippen LogP contribution in [0.4, 0.5) is 0 Å². The van der Waals surface area contributed by atoms with E-state index >= 15 is 0 Å². The lowest BCUT2D eigenvalue weighted by atomic mass is 10.0. The molecule has 3 aromatic rings. The first kappa shape index (κ1) is 20.6. The molecule has 0 unspecified atom stereocenters. The maximum absolute atomic E-state index is 12.9. The number of aryl methyl sites for hydroxylation is 1. The highest BCUT2D eigenvalue weighted by Gasteiger charge is 2.18. The van der Waals surface area contributed by atoms with Crippen molar-refractivity contribution >= 4 is 27.3 Å². The van der Waals surface area contributed by atoms with Crippen molar-refractivity contribution in [1.29, 1.82) is 0 Å². The summed E-state index contributed by atoms with van der Waals surface area (Å²) in [7, 11) is 0. The molecule has 0 bridgehead atoms. The van der Waals surface area contributed by atoms with Crippen LogP contribution in [0.15, 0.2) is 48.5 Å². The number of benzene rings is 2. The van der Waals surface area contributed by atoms with Crippen LogP contribution in [0.2, 0.25) is 0 Å². The largest absolute Gasteiger partial charge is 0.351 e. The molecule has 0 aliphatic carbocycles. The Morgan fingerprint density at radius 3 is 2.46 bits per heavy atom. The predicted octanol–water partition coefficient (Wildman–Crippen LogP) is 5.26. The second kappa shape index (κ2) is 9.85. The summed E-state index contributed by atoms with van der Waals surface area (Å²) in [4.78, 5) is 16.2. The topological polar surface area (TPSA) is 32.3 Å². The van der Waals surface area contributed by atoms with Crippen molar-refractivity contribution in [3.63, 3.8) is 0 Å². The van der Waals surface area contributed by atoms with Gasteiger partial charge in [-0.3, -0.25) is 4.79 Å². The lowest BCUT2D eigenvalue weighted by Gasteiger charge is -2.17. The van der Waals surface area contributed by atoms with Crippen LogP contribution < -0.4 is 5.32 Å². The molecule has 1 aromatic heterocycles. The first-order valence-corrected chi connectivity index (χ1v) is 11.0. The normalized spacial score (nSPS) is 11.3. The Morgan fingerprint density at radius 1 is 1.04 bits per heavy atom. The number of thiophene rings is 1. The Kier molecular flexibility index (Phi) is 7.24. The molecule has 0 spiro atoms. The molecule has 4 heteroatoms. The van der Waals surface area contributed by atoms with Gasteiger partial charge >= 0.3 is 0 Å². The van der Waals surface area contributed by atoms with Gasteiger partial charge in [-0.1, -0.05) is 61.9 Å². The molecule has 0 saturated carbocycles. The van der Waals surface area contributed by atoms with Crippen LogP contribution >= 0.6 is 11.3 Å². The predicted molar refractivity (Wildman–Crippen MR) is 121 cm³/mol. The third-order valence-corrected chi connectivity index (χ3v) is 6.45. The molecule has 0 radical (unpaired) electrons. The van der Waals surface area contributed by atoms with Gasteiger partial charge in [-0.15, -0.1) is 11.3 Å².